The van der Waals surface area contributed by atoms with E-state index in [1.54, 1.807) is 0 Å². The summed E-state index contributed by atoms with van der Waals surface area (Å²) in [7, 11) is -0.127. The van der Waals surface area contributed by atoms with Gasteiger partial charge in [0.1, 0.15) is 11.6 Å². The van der Waals surface area contributed by atoms with Crippen molar-refractivity contribution in [3.8, 4) is 0 Å². The first-order valence-electron chi connectivity index (χ1n) is 6.41. The summed E-state index contributed by atoms with van der Waals surface area (Å²) in [4.78, 5) is 11.3. The van der Waals surface area contributed by atoms with E-state index in [1.807, 2.05) is 0 Å². The van der Waals surface area contributed by atoms with Gasteiger partial charge in [-0.05, 0) is 46.3 Å². The molecule has 0 spiro atoms. The monoisotopic (exact) mass is 380 g/mol. The van der Waals surface area contributed by atoms with Crippen LogP contribution >= 0.6 is 15.9 Å². The van der Waals surface area contributed by atoms with E-state index < -0.39 is 22.4 Å². The highest BCUT2D eigenvalue weighted by molar-refractivity contribution is 9.10. The van der Waals surface area contributed by atoms with E-state index in [-0.39, 0.29) is 39.3 Å². The topological polar surface area (TPSA) is 43.4 Å². The lowest BCUT2D eigenvalue weighted by molar-refractivity contribution is -0.141. The number of halogens is 3. The minimum absolute atomic E-state index is 0.145. The molecular formula is C14H15BrF2O3S. The van der Waals surface area contributed by atoms with Crippen molar-refractivity contribution < 1.29 is 22.5 Å². The summed E-state index contributed by atoms with van der Waals surface area (Å²) in [5, 5.41) is 0. The first-order chi connectivity index (χ1) is 9.87. The second-order valence-electron chi connectivity index (χ2n) is 5.30. The van der Waals surface area contributed by atoms with Crippen LogP contribution in [0.5, 0.6) is 0 Å². The summed E-state index contributed by atoms with van der Waals surface area (Å²) in [6.07, 6.45) is 1.78. The Kier molecular flexibility index (Phi) is 5.14. The van der Waals surface area contributed by atoms with Gasteiger partial charge < -0.3 is 4.74 Å². The van der Waals surface area contributed by atoms with Crippen molar-refractivity contribution in [1.29, 1.82) is 0 Å². The van der Waals surface area contributed by atoms with Crippen LogP contribution in [0, 0.1) is 17.0 Å². The zero-order valence-corrected chi connectivity index (χ0v) is 13.9. The lowest BCUT2D eigenvalue weighted by Crippen LogP contribution is -2.19. The predicted octanol–water partition coefficient (Wildman–Crippen LogP) is 3.32. The van der Waals surface area contributed by atoms with E-state index in [1.165, 1.54) is 13.2 Å². The number of carbonyl (C=O) groups excluding carboxylic acids is 1. The van der Waals surface area contributed by atoms with Crippen LogP contribution in [0.3, 0.4) is 0 Å². The Balaban J connectivity index is 2.03. The van der Waals surface area contributed by atoms with Crippen molar-refractivity contribution in [2.24, 2.45) is 5.41 Å². The van der Waals surface area contributed by atoms with Gasteiger partial charge in [0.25, 0.3) is 0 Å². The van der Waals surface area contributed by atoms with Gasteiger partial charge in [0.15, 0.2) is 0 Å². The first kappa shape index (κ1) is 16.5. The van der Waals surface area contributed by atoms with E-state index in [0.717, 1.165) is 18.9 Å². The predicted molar refractivity (Wildman–Crippen MR) is 79.1 cm³/mol. The summed E-state index contributed by atoms with van der Waals surface area (Å²) in [5.41, 5.74) is -0.506. The number of methoxy groups -OCH3 is 1. The highest BCUT2D eigenvalue weighted by atomic mass is 79.9. The van der Waals surface area contributed by atoms with Gasteiger partial charge in [-0.2, -0.15) is 0 Å². The summed E-state index contributed by atoms with van der Waals surface area (Å²) in [5.74, 6) is -1.71. The highest BCUT2D eigenvalue weighted by Crippen LogP contribution is 2.49. The van der Waals surface area contributed by atoms with Gasteiger partial charge in [-0.25, -0.2) is 8.78 Å². The third-order valence-corrected chi connectivity index (χ3v) is 5.77. The molecule has 116 valence electrons. The van der Waals surface area contributed by atoms with Crippen LogP contribution in [0.4, 0.5) is 8.78 Å². The summed E-state index contributed by atoms with van der Waals surface area (Å²) in [6.45, 7) is 0. The third kappa shape index (κ3) is 4.10. The van der Waals surface area contributed by atoms with Crippen molar-refractivity contribution >= 4 is 32.7 Å². The molecule has 1 aliphatic rings. The molecule has 0 bridgehead atoms. The van der Waals surface area contributed by atoms with E-state index in [4.69, 9.17) is 0 Å². The SMILES string of the molecule is COC(=O)CC1(CS(=O)Cc2c(F)ccc(Br)c2F)CC1. The molecule has 1 aromatic carbocycles. The Morgan fingerprint density at radius 1 is 1.43 bits per heavy atom. The lowest BCUT2D eigenvalue weighted by atomic mass is 10.1. The lowest BCUT2D eigenvalue weighted by Gasteiger charge is -2.13. The maximum absolute atomic E-state index is 13.8. The smallest absolute Gasteiger partial charge is 0.306 e. The molecule has 0 aromatic heterocycles. The molecule has 3 nitrogen and oxygen atoms in total. The van der Waals surface area contributed by atoms with Crippen LogP contribution in [0.25, 0.3) is 0 Å². The van der Waals surface area contributed by atoms with Crippen molar-refractivity contribution in [1.82, 2.24) is 0 Å². The fourth-order valence-electron chi connectivity index (χ4n) is 2.18. The molecule has 1 atom stereocenters. The van der Waals surface area contributed by atoms with Gasteiger partial charge in [0.05, 0.1) is 23.8 Å². The van der Waals surface area contributed by atoms with Gasteiger partial charge >= 0.3 is 5.97 Å². The fourth-order valence-corrected chi connectivity index (χ4v) is 4.32. The van der Waals surface area contributed by atoms with Crippen LogP contribution in [0.15, 0.2) is 16.6 Å². The van der Waals surface area contributed by atoms with Gasteiger partial charge in [-0.1, -0.05) is 0 Å². The number of rotatable bonds is 6. The summed E-state index contributed by atoms with van der Waals surface area (Å²) in [6, 6.07) is 2.41. The molecule has 0 amide bonds. The Bertz CT molecular complexity index is 588. The normalized spacial score (nSPS) is 17.3. The van der Waals surface area contributed by atoms with E-state index in [2.05, 4.69) is 20.7 Å². The Hall–Kier alpha value is -0.820. The first-order valence-corrected chi connectivity index (χ1v) is 8.69. The maximum Gasteiger partial charge on any atom is 0.306 e. The Morgan fingerprint density at radius 2 is 2.10 bits per heavy atom. The third-order valence-electron chi connectivity index (χ3n) is 3.62. The van der Waals surface area contributed by atoms with Crippen molar-refractivity contribution in [3.63, 3.8) is 0 Å². The quantitative estimate of drug-likeness (QED) is 0.561. The van der Waals surface area contributed by atoms with Gasteiger partial charge in [0.2, 0.25) is 0 Å². The number of ether oxygens (including phenoxy) is 1. The standard InChI is InChI=1S/C14H15BrF2O3S/c1-20-12(18)6-14(4-5-14)8-21(19)7-9-11(16)3-2-10(15)13(9)17/h2-3H,4-8H2,1H3. The molecule has 1 aliphatic carbocycles. The second-order valence-corrected chi connectivity index (χ2v) is 7.61. The molecule has 0 saturated heterocycles. The van der Waals surface area contributed by atoms with E-state index >= 15 is 0 Å². The molecule has 1 fully saturated rings. The number of hydrogen-bond acceptors (Lipinski definition) is 3. The minimum Gasteiger partial charge on any atom is -0.469 e. The minimum atomic E-state index is -1.43. The molecule has 1 saturated carbocycles. The number of hydrogen-bond donors (Lipinski definition) is 0. The molecular weight excluding hydrogens is 366 g/mol. The summed E-state index contributed by atoms with van der Waals surface area (Å²) < 4.78 is 44.4. The van der Waals surface area contributed by atoms with Crippen molar-refractivity contribution in [2.45, 2.75) is 25.0 Å². The summed E-state index contributed by atoms with van der Waals surface area (Å²) >= 11 is 2.98. The molecule has 0 heterocycles. The zero-order chi connectivity index (χ0) is 15.6. The Morgan fingerprint density at radius 3 is 2.67 bits per heavy atom. The van der Waals surface area contributed by atoms with Gasteiger partial charge in [-0.3, -0.25) is 9.00 Å². The molecule has 1 aromatic rings. The van der Waals surface area contributed by atoms with E-state index in [0.29, 0.717) is 0 Å². The molecule has 0 N–H and O–H groups in total. The van der Waals surface area contributed by atoms with Crippen LogP contribution in [-0.4, -0.2) is 23.0 Å². The van der Waals surface area contributed by atoms with Gasteiger partial charge in [0, 0.05) is 22.1 Å². The van der Waals surface area contributed by atoms with Crippen LogP contribution < -0.4 is 0 Å². The highest BCUT2D eigenvalue weighted by Gasteiger charge is 2.46. The number of benzene rings is 1. The Labute approximate surface area is 132 Å². The molecule has 0 radical (unpaired) electrons. The maximum atomic E-state index is 13.8. The zero-order valence-electron chi connectivity index (χ0n) is 11.5. The fraction of sp³-hybridized carbons (Fsp3) is 0.500. The van der Waals surface area contributed by atoms with E-state index in [9.17, 15) is 17.8 Å². The number of carbonyl (C=O) groups is 1. The average molecular weight is 381 g/mol. The molecule has 0 aliphatic heterocycles. The molecule has 1 unspecified atom stereocenters. The van der Waals surface area contributed by atoms with Crippen LogP contribution in [0.2, 0.25) is 0 Å². The van der Waals surface area contributed by atoms with Gasteiger partial charge in [-0.15, -0.1) is 0 Å². The van der Waals surface area contributed by atoms with Crippen LogP contribution in [0.1, 0.15) is 24.8 Å². The largest absolute Gasteiger partial charge is 0.469 e. The molecule has 2 rings (SSSR count). The van der Waals surface area contributed by atoms with Crippen LogP contribution in [-0.2, 0) is 26.1 Å². The number of esters is 1. The second kappa shape index (κ2) is 6.52. The molecule has 7 heteroatoms. The van der Waals surface area contributed by atoms with Crippen molar-refractivity contribution in [2.75, 3.05) is 12.9 Å². The van der Waals surface area contributed by atoms with Crippen molar-refractivity contribution in [3.05, 3.63) is 33.8 Å². The average Bonchev–Trinajstić information content (AvgIpc) is 3.18. The molecule has 21 heavy (non-hydrogen) atoms.